The number of methoxy groups -OCH3 is 1. The summed E-state index contributed by atoms with van der Waals surface area (Å²) in [5, 5.41) is 7.11. The molecule has 0 bridgehead atoms. The topological polar surface area (TPSA) is 73.2 Å². The normalized spacial score (nSPS) is 12.4. The molecular weight excluding hydrogens is 349 g/mol. The molecule has 2 rings (SSSR count). The van der Waals surface area contributed by atoms with Crippen LogP contribution < -0.4 is 5.32 Å². The lowest BCUT2D eigenvalue weighted by Gasteiger charge is -2.18. The molecule has 27 heavy (non-hydrogen) atoms. The van der Waals surface area contributed by atoms with E-state index in [1.54, 1.807) is 22.9 Å². The molecule has 0 saturated heterocycles. The summed E-state index contributed by atoms with van der Waals surface area (Å²) >= 11 is 0. The van der Waals surface area contributed by atoms with Crippen molar-refractivity contribution in [2.45, 2.75) is 33.7 Å². The van der Waals surface area contributed by atoms with Crippen LogP contribution >= 0.6 is 0 Å². The zero-order valence-electron chi connectivity index (χ0n) is 16.1. The van der Waals surface area contributed by atoms with E-state index in [0.717, 1.165) is 22.6 Å². The molecule has 0 spiro atoms. The first kappa shape index (κ1) is 20.4. The summed E-state index contributed by atoms with van der Waals surface area (Å²) in [7, 11) is 1.29. The van der Waals surface area contributed by atoms with Crippen LogP contribution in [0.1, 0.15) is 30.8 Å². The van der Waals surface area contributed by atoms with Gasteiger partial charge in [0, 0.05) is 17.3 Å². The van der Waals surface area contributed by atoms with E-state index < -0.39 is 17.9 Å². The van der Waals surface area contributed by atoms with Gasteiger partial charge >= 0.3 is 5.97 Å². The number of halogens is 1. The number of carbonyl (C=O) groups excluding carboxylic acids is 2. The number of benzene rings is 1. The number of nitrogens with one attached hydrogen (secondary N) is 1. The van der Waals surface area contributed by atoms with Gasteiger partial charge < -0.3 is 10.1 Å². The maximum atomic E-state index is 13.1. The molecule has 1 aromatic carbocycles. The standard InChI is InChI=1S/C20H24FN3O3/c1-12(2)19(20(26)27-5)22-18(25)11-10-17-13(3)23-24(14(17)4)16-8-6-15(21)7-9-16/h6-12,19H,1-5H3,(H,22,25)/b11-10+/t19-/m0/s1. The minimum atomic E-state index is -0.712. The monoisotopic (exact) mass is 373 g/mol. The van der Waals surface area contributed by atoms with E-state index in [1.165, 1.54) is 25.3 Å². The van der Waals surface area contributed by atoms with Gasteiger partial charge in [-0.05, 0) is 50.1 Å². The second-order valence-electron chi connectivity index (χ2n) is 6.56. The van der Waals surface area contributed by atoms with E-state index in [2.05, 4.69) is 10.4 Å². The molecule has 2 aromatic rings. The van der Waals surface area contributed by atoms with Crippen molar-refractivity contribution in [3.63, 3.8) is 0 Å². The Morgan fingerprint density at radius 3 is 2.41 bits per heavy atom. The minimum absolute atomic E-state index is 0.0977. The number of rotatable bonds is 6. The predicted molar refractivity (Wildman–Crippen MR) is 101 cm³/mol. The fraction of sp³-hybridized carbons (Fsp3) is 0.350. The molecule has 144 valence electrons. The minimum Gasteiger partial charge on any atom is -0.467 e. The number of nitrogens with zero attached hydrogens (tertiary/aromatic N) is 2. The Labute approximate surface area is 158 Å². The van der Waals surface area contributed by atoms with Crippen molar-refractivity contribution >= 4 is 18.0 Å². The quantitative estimate of drug-likeness (QED) is 0.624. The number of carbonyl (C=O) groups is 2. The highest BCUT2D eigenvalue weighted by molar-refractivity contribution is 5.94. The van der Waals surface area contributed by atoms with Crippen molar-refractivity contribution in [2.75, 3.05) is 7.11 Å². The van der Waals surface area contributed by atoms with Crippen LogP contribution in [0.25, 0.3) is 11.8 Å². The molecule has 7 heteroatoms. The fourth-order valence-electron chi connectivity index (χ4n) is 2.71. The van der Waals surface area contributed by atoms with E-state index in [1.807, 2.05) is 27.7 Å². The molecule has 0 fully saturated rings. The van der Waals surface area contributed by atoms with Gasteiger partial charge in [0.25, 0.3) is 0 Å². The molecule has 0 aliphatic heterocycles. The highest BCUT2D eigenvalue weighted by Crippen LogP contribution is 2.19. The second-order valence-corrected chi connectivity index (χ2v) is 6.56. The molecule has 1 heterocycles. The van der Waals surface area contributed by atoms with Gasteiger partial charge in [-0.15, -0.1) is 0 Å². The van der Waals surface area contributed by atoms with Gasteiger partial charge in [0.15, 0.2) is 0 Å². The van der Waals surface area contributed by atoms with Gasteiger partial charge in [-0.3, -0.25) is 4.79 Å². The number of esters is 1. The van der Waals surface area contributed by atoms with E-state index in [-0.39, 0.29) is 11.7 Å². The molecule has 1 N–H and O–H groups in total. The van der Waals surface area contributed by atoms with E-state index in [9.17, 15) is 14.0 Å². The number of amides is 1. The summed E-state index contributed by atoms with van der Waals surface area (Å²) in [6.45, 7) is 7.35. The zero-order chi connectivity index (χ0) is 20.1. The lowest BCUT2D eigenvalue weighted by molar-refractivity contribution is -0.145. The number of hydrogen-bond acceptors (Lipinski definition) is 4. The molecular formula is C20H24FN3O3. The van der Waals surface area contributed by atoms with E-state index >= 15 is 0 Å². The summed E-state index contributed by atoms with van der Waals surface area (Å²) in [5.41, 5.74) is 3.06. The lowest BCUT2D eigenvalue weighted by Crippen LogP contribution is -2.44. The van der Waals surface area contributed by atoms with Crippen molar-refractivity contribution in [3.05, 3.63) is 53.1 Å². The second kappa shape index (κ2) is 8.62. The first-order valence-electron chi connectivity index (χ1n) is 8.63. The molecule has 1 aromatic heterocycles. The predicted octanol–water partition coefficient (Wildman–Crippen LogP) is 2.96. The van der Waals surface area contributed by atoms with Crippen molar-refractivity contribution in [2.24, 2.45) is 5.92 Å². The average molecular weight is 373 g/mol. The van der Waals surface area contributed by atoms with Crippen LogP contribution in [0.3, 0.4) is 0 Å². The fourth-order valence-corrected chi connectivity index (χ4v) is 2.71. The summed E-state index contributed by atoms with van der Waals surface area (Å²) < 4.78 is 19.5. The Hall–Kier alpha value is -2.96. The molecule has 6 nitrogen and oxygen atoms in total. The Balaban J connectivity index is 2.20. The van der Waals surface area contributed by atoms with Gasteiger partial charge in [-0.1, -0.05) is 13.8 Å². The SMILES string of the molecule is COC(=O)[C@@H](NC(=O)/C=C/c1c(C)nn(-c2ccc(F)cc2)c1C)C(C)C. The van der Waals surface area contributed by atoms with Crippen molar-refractivity contribution < 1.29 is 18.7 Å². The lowest BCUT2D eigenvalue weighted by atomic mass is 10.0. The van der Waals surface area contributed by atoms with Gasteiger partial charge in [0.2, 0.25) is 5.91 Å². The van der Waals surface area contributed by atoms with E-state index in [0.29, 0.717) is 0 Å². The molecule has 1 amide bonds. The van der Waals surface area contributed by atoms with Crippen molar-refractivity contribution in [1.29, 1.82) is 0 Å². The highest BCUT2D eigenvalue weighted by atomic mass is 19.1. The van der Waals surface area contributed by atoms with Gasteiger partial charge in [0.1, 0.15) is 11.9 Å². The summed E-state index contributed by atoms with van der Waals surface area (Å²) in [4.78, 5) is 24.0. The number of aromatic nitrogens is 2. The largest absolute Gasteiger partial charge is 0.467 e. The maximum Gasteiger partial charge on any atom is 0.328 e. The third kappa shape index (κ3) is 4.81. The van der Waals surface area contributed by atoms with Crippen LogP contribution in [0.5, 0.6) is 0 Å². The summed E-state index contributed by atoms with van der Waals surface area (Å²) in [6.07, 6.45) is 3.02. The first-order chi connectivity index (χ1) is 12.7. The third-order valence-corrected chi connectivity index (χ3v) is 4.24. The summed E-state index contributed by atoms with van der Waals surface area (Å²) in [5.74, 6) is -1.29. The Morgan fingerprint density at radius 1 is 1.22 bits per heavy atom. The van der Waals surface area contributed by atoms with Crippen LogP contribution in [0, 0.1) is 25.6 Å². The first-order valence-corrected chi connectivity index (χ1v) is 8.63. The Bertz CT molecular complexity index is 854. The molecule has 0 aliphatic carbocycles. The van der Waals surface area contributed by atoms with Gasteiger partial charge in [0.05, 0.1) is 18.5 Å². The smallest absolute Gasteiger partial charge is 0.328 e. The average Bonchev–Trinajstić information content (AvgIpc) is 2.91. The third-order valence-electron chi connectivity index (χ3n) is 4.24. The van der Waals surface area contributed by atoms with Crippen LogP contribution in [0.4, 0.5) is 4.39 Å². The Morgan fingerprint density at radius 2 is 1.85 bits per heavy atom. The molecule has 0 radical (unpaired) electrons. The van der Waals surface area contributed by atoms with Crippen LogP contribution in [0.2, 0.25) is 0 Å². The maximum absolute atomic E-state index is 13.1. The zero-order valence-corrected chi connectivity index (χ0v) is 16.1. The number of hydrogen-bond donors (Lipinski definition) is 1. The molecule has 0 unspecified atom stereocenters. The van der Waals surface area contributed by atoms with Gasteiger partial charge in [-0.25, -0.2) is 13.9 Å². The van der Waals surface area contributed by atoms with Gasteiger partial charge in [-0.2, -0.15) is 5.10 Å². The van der Waals surface area contributed by atoms with Crippen LogP contribution in [-0.2, 0) is 14.3 Å². The van der Waals surface area contributed by atoms with Crippen molar-refractivity contribution in [3.8, 4) is 5.69 Å². The van der Waals surface area contributed by atoms with E-state index in [4.69, 9.17) is 4.74 Å². The molecule has 1 atom stereocenters. The summed E-state index contributed by atoms with van der Waals surface area (Å²) in [6, 6.07) is 5.30. The number of ether oxygens (including phenoxy) is 1. The number of aryl methyl sites for hydroxylation is 1. The van der Waals surface area contributed by atoms with Crippen LogP contribution in [0.15, 0.2) is 30.3 Å². The molecule has 0 saturated carbocycles. The Kier molecular flexibility index (Phi) is 6.50. The van der Waals surface area contributed by atoms with Crippen LogP contribution in [-0.4, -0.2) is 34.8 Å². The highest BCUT2D eigenvalue weighted by Gasteiger charge is 2.24. The van der Waals surface area contributed by atoms with Crippen molar-refractivity contribution in [1.82, 2.24) is 15.1 Å². The molecule has 0 aliphatic rings.